The number of imidazole rings is 1. The number of ether oxygens (including phenoxy) is 4. The van der Waals surface area contributed by atoms with Gasteiger partial charge in [-0.05, 0) is 39.1 Å². The van der Waals surface area contributed by atoms with Crippen molar-refractivity contribution in [1.29, 1.82) is 5.26 Å². The first-order chi connectivity index (χ1) is 18.0. The second-order valence-electron chi connectivity index (χ2n) is 8.76. The molecule has 3 aromatic heterocycles. The summed E-state index contributed by atoms with van der Waals surface area (Å²) in [5.41, 5.74) is 1.75. The molecule has 4 heterocycles. The minimum Gasteiger partial charge on any atom is -0.487 e. The molecule has 1 aliphatic rings. The van der Waals surface area contributed by atoms with Gasteiger partial charge in [-0.2, -0.15) is 5.26 Å². The molecule has 0 unspecified atom stereocenters. The number of nitrogens with one attached hydrogen (secondary N) is 1. The number of aromatic nitrogens is 4. The van der Waals surface area contributed by atoms with E-state index in [1.54, 1.807) is 42.0 Å². The van der Waals surface area contributed by atoms with Crippen molar-refractivity contribution < 1.29 is 23.7 Å². The van der Waals surface area contributed by atoms with Crippen LogP contribution in [0.5, 0.6) is 5.75 Å². The highest BCUT2D eigenvalue weighted by molar-refractivity contribution is 5.78. The first-order valence-electron chi connectivity index (χ1n) is 12.1. The second kappa shape index (κ2) is 13.0. The number of anilines is 1. The zero-order valence-corrected chi connectivity index (χ0v) is 21.1. The molecule has 1 N–H and O–H groups in total. The van der Waals surface area contributed by atoms with Gasteiger partial charge in [0.15, 0.2) is 17.2 Å². The monoisotopic (exact) mass is 509 g/mol. The summed E-state index contributed by atoms with van der Waals surface area (Å²) in [6.07, 6.45) is 4.90. The molecule has 0 radical (unpaired) electrons. The van der Waals surface area contributed by atoms with Gasteiger partial charge in [0.05, 0.1) is 25.3 Å². The first-order valence-corrected chi connectivity index (χ1v) is 12.1. The first kappa shape index (κ1) is 26.3. The van der Waals surface area contributed by atoms with Gasteiger partial charge >= 0.3 is 5.97 Å². The van der Waals surface area contributed by atoms with E-state index in [1.165, 1.54) is 6.20 Å². The Morgan fingerprint density at radius 2 is 2.03 bits per heavy atom. The lowest BCUT2D eigenvalue weighted by Crippen LogP contribution is -2.28. The summed E-state index contributed by atoms with van der Waals surface area (Å²) in [5, 5.41) is 12.5. The fourth-order valence-corrected chi connectivity index (χ4v) is 3.76. The van der Waals surface area contributed by atoms with E-state index >= 15 is 0 Å². The summed E-state index contributed by atoms with van der Waals surface area (Å²) < 4.78 is 23.9. The number of carbonyl (C=O) groups excluding carboxylic acids is 1. The van der Waals surface area contributed by atoms with Gasteiger partial charge < -0.3 is 24.3 Å². The minimum atomic E-state index is -0.288. The lowest BCUT2D eigenvalue weighted by Gasteiger charge is -2.24. The van der Waals surface area contributed by atoms with Crippen LogP contribution in [0.3, 0.4) is 0 Å². The minimum absolute atomic E-state index is 0.192. The molecule has 0 aliphatic carbocycles. The van der Waals surface area contributed by atoms with E-state index in [4.69, 9.17) is 29.2 Å². The molecule has 1 fully saturated rings. The lowest BCUT2D eigenvalue weighted by molar-refractivity contribution is -0.145. The zero-order valence-electron chi connectivity index (χ0n) is 21.1. The Balaban J connectivity index is 1.42. The fourth-order valence-electron chi connectivity index (χ4n) is 3.76. The van der Waals surface area contributed by atoms with Gasteiger partial charge in [-0.3, -0.25) is 14.3 Å². The Labute approximate surface area is 215 Å². The van der Waals surface area contributed by atoms with Gasteiger partial charge in [-0.1, -0.05) is 0 Å². The third kappa shape index (κ3) is 7.36. The predicted octanol–water partition coefficient (Wildman–Crippen LogP) is 1.78. The number of esters is 1. The van der Waals surface area contributed by atoms with E-state index in [0.717, 1.165) is 12.8 Å². The molecule has 0 aromatic carbocycles. The van der Waals surface area contributed by atoms with Crippen LogP contribution >= 0.6 is 0 Å². The fraction of sp³-hybridized carbons (Fsp3) is 0.480. The van der Waals surface area contributed by atoms with Crippen molar-refractivity contribution in [3.05, 3.63) is 36.3 Å². The zero-order chi connectivity index (χ0) is 26.0. The smallest absolute Gasteiger partial charge is 0.320 e. The van der Waals surface area contributed by atoms with Crippen LogP contribution in [0.2, 0.25) is 0 Å². The quantitative estimate of drug-likeness (QED) is 0.282. The van der Waals surface area contributed by atoms with Crippen LogP contribution in [-0.4, -0.2) is 96.7 Å². The van der Waals surface area contributed by atoms with E-state index in [1.807, 2.05) is 6.07 Å². The van der Waals surface area contributed by atoms with Crippen LogP contribution in [0, 0.1) is 11.3 Å². The molecule has 0 amide bonds. The number of hydrogen-bond donors (Lipinski definition) is 1. The summed E-state index contributed by atoms with van der Waals surface area (Å²) in [6, 6.07) is 7.58. The lowest BCUT2D eigenvalue weighted by atomic mass is 10.1. The molecule has 37 heavy (non-hydrogen) atoms. The molecule has 12 heteroatoms. The van der Waals surface area contributed by atoms with Gasteiger partial charge in [0.2, 0.25) is 0 Å². The molecule has 0 spiro atoms. The SMILES string of the molecule is CN(C)CC(=O)OCCOCCOc1cc2ncn(-c3ccc(C#N)cn3)c2nc1NC1CCOCC1. The summed E-state index contributed by atoms with van der Waals surface area (Å²) in [6.45, 7) is 2.71. The standard InChI is InChI=1S/C25H31N7O5/c1-31(2)16-23(33)37-12-10-35-9-11-36-21-13-20-25(30-24(21)29-19-5-7-34-8-6-19)32(17-28-20)22-4-3-18(14-26)15-27-22/h3-4,13,15,17,19H,5-12,16H2,1-2H3,(H,29,30). The molecule has 0 bridgehead atoms. The molecule has 196 valence electrons. The third-order valence-electron chi connectivity index (χ3n) is 5.60. The van der Waals surface area contributed by atoms with Crippen LogP contribution in [-0.2, 0) is 19.0 Å². The van der Waals surface area contributed by atoms with Crippen LogP contribution in [0.4, 0.5) is 5.82 Å². The van der Waals surface area contributed by atoms with Gasteiger partial charge in [-0.15, -0.1) is 0 Å². The van der Waals surface area contributed by atoms with Gasteiger partial charge in [0.25, 0.3) is 0 Å². The number of pyridine rings is 2. The second-order valence-corrected chi connectivity index (χ2v) is 8.76. The summed E-state index contributed by atoms with van der Waals surface area (Å²) in [4.78, 5) is 27.0. The van der Waals surface area contributed by atoms with Gasteiger partial charge in [0.1, 0.15) is 36.9 Å². The van der Waals surface area contributed by atoms with Gasteiger partial charge in [-0.25, -0.2) is 15.0 Å². The molecule has 0 saturated carbocycles. The topological polar surface area (TPSA) is 137 Å². The highest BCUT2D eigenvalue weighted by Gasteiger charge is 2.19. The molecular formula is C25H31N7O5. The molecule has 1 aliphatic heterocycles. The van der Waals surface area contributed by atoms with Crippen molar-refractivity contribution in [2.75, 3.05) is 65.6 Å². The normalized spacial score (nSPS) is 14.0. The van der Waals surface area contributed by atoms with Crippen LogP contribution < -0.4 is 10.1 Å². The molecule has 1 saturated heterocycles. The van der Waals surface area contributed by atoms with E-state index in [-0.39, 0.29) is 31.8 Å². The highest BCUT2D eigenvalue weighted by Crippen LogP contribution is 2.29. The summed E-state index contributed by atoms with van der Waals surface area (Å²) in [7, 11) is 3.61. The van der Waals surface area contributed by atoms with Crippen molar-refractivity contribution in [3.8, 4) is 17.6 Å². The van der Waals surface area contributed by atoms with Gasteiger partial charge in [0, 0.05) is 31.5 Å². The third-order valence-corrected chi connectivity index (χ3v) is 5.60. The average molecular weight is 510 g/mol. The Hall–Kier alpha value is -3.79. The number of fused-ring (bicyclic) bond motifs is 1. The van der Waals surface area contributed by atoms with E-state index in [9.17, 15) is 4.79 Å². The Morgan fingerprint density at radius 1 is 1.22 bits per heavy atom. The largest absolute Gasteiger partial charge is 0.487 e. The van der Waals surface area contributed by atoms with E-state index in [0.29, 0.717) is 60.5 Å². The number of nitrogens with zero attached hydrogens (tertiary/aromatic N) is 6. The van der Waals surface area contributed by atoms with Crippen molar-refractivity contribution in [1.82, 2.24) is 24.4 Å². The molecule has 0 atom stereocenters. The van der Waals surface area contributed by atoms with Crippen molar-refractivity contribution in [3.63, 3.8) is 0 Å². The number of hydrogen-bond acceptors (Lipinski definition) is 11. The number of likely N-dealkylation sites (N-methyl/N-ethyl adjacent to an activating group) is 1. The molecular weight excluding hydrogens is 478 g/mol. The Bertz CT molecular complexity index is 1220. The number of nitriles is 1. The molecule has 4 rings (SSSR count). The summed E-state index contributed by atoms with van der Waals surface area (Å²) >= 11 is 0. The molecule has 12 nitrogen and oxygen atoms in total. The van der Waals surface area contributed by atoms with Crippen molar-refractivity contribution >= 4 is 23.0 Å². The Morgan fingerprint density at radius 3 is 2.76 bits per heavy atom. The maximum Gasteiger partial charge on any atom is 0.320 e. The maximum absolute atomic E-state index is 11.6. The van der Waals surface area contributed by atoms with Crippen LogP contribution in [0.25, 0.3) is 17.0 Å². The maximum atomic E-state index is 11.6. The average Bonchev–Trinajstić information content (AvgIpc) is 3.31. The predicted molar refractivity (Wildman–Crippen MR) is 135 cm³/mol. The highest BCUT2D eigenvalue weighted by atomic mass is 16.6. The van der Waals surface area contributed by atoms with E-state index < -0.39 is 0 Å². The van der Waals surface area contributed by atoms with Crippen LogP contribution in [0.15, 0.2) is 30.7 Å². The number of carbonyl (C=O) groups is 1. The van der Waals surface area contributed by atoms with Crippen LogP contribution in [0.1, 0.15) is 18.4 Å². The summed E-state index contributed by atoms with van der Waals surface area (Å²) in [5.74, 6) is 1.49. The van der Waals surface area contributed by atoms with E-state index in [2.05, 4.69) is 21.4 Å². The van der Waals surface area contributed by atoms with Crippen molar-refractivity contribution in [2.45, 2.75) is 18.9 Å². The van der Waals surface area contributed by atoms with Crippen molar-refractivity contribution in [2.24, 2.45) is 0 Å². The number of rotatable bonds is 12. The molecule has 3 aromatic rings. The Kier molecular flexibility index (Phi) is 9.20.